The molecule has 1 aromatic heterocycles. The van der Waals surface area contributed by atoms with E-state index in [0.29, 0.717) is 42.7 Å². The van der Waals surface area contributed by atoms with Crippen LogP contribution in [0.4, 0.5) is 0 Å². The van der Waals surface area contributed by atoms with Crippen LogP contribution >= 0.6 is 0 Å². The first-order chi connectivity index (χ1) is 17.1. The van der Waals surface area contributed by atoms with Gasteiger partial charge in [-0.3, -0.25) is 14.2 Å². The predicted octanol–water partition coefficient (Wildman–Crippen LogP) is 5.77. The van der Waals surface area contributed by atoms with E-state index in [2.05, 4.69) is 19.1 Å². The number of aromatic nitrogens is 2. The van der Waals surface area contributed by atoms with E-state index < -0.39 is 0 Å². The van der Waals surface area contributed by atoms with E-state index >= 15 is 0 Å². The SMILES string of the molecule is CCCCN(C(=O)CCc1ccccc1)C(C)c1nc2ccccc2c(=O)n1Cc1ccccc1. The molecule has 1 amide bonds. The average molecular weight is 468 g/mol. The Bertz CT molecular complexity index is 1320. The number of carbonyl (C=O) groups is 1. The van der Waals surface area contributed by atoms with Crippen molar-refractivity contribution in [3.63, 3.8) is 0 Å². The van der Waals surface area contributed by atoms with Gasteiger partial charge in [0.05, 0.1) is 23.5 Å². The van der Waals surface area contributed by atoms with Crippen LogP contribution in [0.25, 0.3) is 10.9 Å². The van der Waals surface area contributed by atoms with Crippen molar-refractivity contribution in [2.24, 2.45) is 0 Å². The molecule has 0 N–H and O–H groups in total. The first-order valence-electron chi connectivity index (χ1n) is 12.4. The normalized spacial score (nSPS) is 11.9. The lowest BCUT2D eigenvalue weighted by molar-refractivity contribution is -0.133. The Morgan fingerprint density at radius 3 is 2.23 bits per heavy atom. The van der Waals surface area contributed by atoms with Crippen molar-refractivity contribution in [3.05, 3.63) is 112 Å². The quantitative estimate of drug-likeness (QED) is 0.298. The van der Waals surface area contributed by atoms with Gasteiger partial charge in [-0.25, -0.2) is 4.98 Å². The second kappa shape index (κ2) is 11.6. The molecule has 4 aromatic rings. The third kappa shape index (κ3) is 5.86. The van der Waals surface area contributed by atoms with Crippen molar-refractivity contribution in [1.29, 1.82) is 0 Å². The summed E-state index contributed by atoms with van der Waals surface area (Å²) < 4.78 is 1.74. The highest BCUT2D eigenvalue weighted by Gasteiger charge is 2.26. The molecule has 3 aromatic carbocycles. The zero-order chi connectivity index (χ0) is 24.6. The van der Waals surface area contributed by atoms with Crippen molar-refractivity contribution >= 4 is 16.8 Å². The Kier molecular flexibility index (Phi) is 8.09. The highest BCUT2D eigenvalue weighted by Crippen LogP contribution is 2.23. The van der Waals surface area contributed by atoms with Crippen LogP contribution in [0, 0.1) is 0 Å². The molecule has 0 saturated carbocycles. The summed E-state index contributed by atoms with van der Waals surface area (Å²) >= 11 is 0. The highest BCUT2D eigenvalue weighted by atomic mass is 16.2. The van der Waals surface area contributed by atoms with E-state index in [4.69, 9.17) is 4.98 Å². The summed E-state index contributed by atoms with van der Waals surface area (Å²) in [5, 5.41) is 0.592. The molecule has 5 nitrogen and oxygen atoms in total. The fourth-order valence-electron chi connectivity index (χ4n) is 4.46. The van der Waals surface area contributed by atoms with Gasteiger partial charge < -0.3 is 4.90 Å². The zero-order valence-electron chi connectivity index (χ0n) is 20.6. The predicted molar refractivity (Wildman–Crippen MR) is 141 cm³/mol. The number of nitrogens with zero attached hydrogens (tertiary/aromatic N) is 3. The van der Waals surface area contributed by atoms with Gasteiger partial charge >= 0.3 is 0 Å². The number of unbranched alkanes of at least 4 members (excludes halogenated alkanes) is 1. The molecule has 180 valence electrons. The summed E-state index contributed by atoms with van der Waals surface area (Å²) in [7, 11) is 0. The van der Waals surface area contributed by atoms with Crippen molar-refractivity contribution in [2.75, 3.05) is 6.54 Å². The Balaban J connectivity index is 1.71. The van der Waals surface area contributed by atoms with E-state index in [0.717, 1.165) is 24.0 Å². The fourth-order valence-corrected chi connectivity index (χ4v) is 4.46. The maximum Gasteiger partial charge on any atom is 0.261 e. The first kappa shape index (κ1) is 24.4. The van der Waals surface area contributed by atoms with E-state index in [1.165, 1.54) is 0 Å². The lowest BCUT2D eigenvalue weighted by Crippen LogP contribution is -2.38. The van der Waals surface area contributed by atoms with Gasteiger partial charge in [0.2, 0.25) is 5.91 Å². The van der Waals surface area contributed by atoms with Gasteiger partial charge in [0.1, 0.15) is 5.82 Å². The molecular weight excluding hydrogens is 434 g/mol. The Labute approximate surface area is 207 Å². The fraction of sp³-hybridized carbons (Fsp3) is 0.300. The molecule has 0 aliphatic carbocycles. The Morgan fingerprint density at radius 1 is 0.914 bits per heavy atom. The molecule has 5 heteroatoms. The standard InChI is InChI=1S/C30H33N3O2/c1-3-4-21-32(28(34)20-19-24-13-7-5-8-14-24)23(2)29-31-27-18-12-11-17-26(27)30(35)33(29)22-25-15-9-6-10-16-25/h5-18,23H,3-4,19-22H2,1-2H3. The maximum absolute atomic E-state index is 13.6. The molecule has 1 heterocycles. The van der Waals surface area contributed by atoms with Gasteiger partial charge in [0.25, 0.3) is 5.56 Å². The molecule has 0 fully saturated rings. The van der Waals surface area contributed by atoms with Gasteiger partial charge in [-0.15, -0.1) is 0 Å². The van der Waals surface area contributed by atoms with Gasteiger partial charge in [-0.1, -0.05) is 86.1 Å². The number of carbonyl (C=O) groups excluding carboxylic acids is 1. The highest BCUT2D eigenvalue weighted by molar-refractivity contribution is 5.78. The number of fused-ring (bicyclic) bond motifs is 1. The average Bonchev–Trinajstić information content (AvgIpc) is 2.90. The summed E-state index contributed by atoms with van der Waals surface area (Å²) in [5.74, 6) is 0.713. The van der Waals surface area contributed by atoms with Crippen molar-refractivity contribution in [1.82, 2.24) is 14.5 Å². The molecule has 0 radical (unpaired) electrons. The molecule has 0 aliphatic rings. The second-order valence-corrected chi connectivity index (χ2v) is 8.97. The van der Waals surface area contributed by atoms with E-state index in [-0.39, 0.29) is 17.5 Å². The third-order valence-electron chi connectivity index (χ3n) is 6.46. The first-order valence-corrected chi connectivity index (χ1v) is 12.4. The van der Waals surface area contributed by atoms with Crippen LogP contribution in [0.3, 0.4) is 0 Å². The molecule has 4 rings (SSSR count). The van der Waals surface area contributed by atoms with Gasteiger partial charge in [-0.2, -0.15) is 0 Å². The number of amides is 1. The van der Waals surface area contributed by atoms with Crippen LogP contribution in [0.2, 0.25) is 0 Å². The van der Waals surface area contributed by atoms with Gasteiger partial charge in [-0.05, 0) is 43.0 Å². The van der Waals surface area contributed by atoms with E-state index in [1.807, 2.05) is 84.6 Å². The number of hydrogen-bond acceptors (Lipinski definition) is 3. The molecular formula is C30H33N3O2. The number of para-hydroxylation sites is 1. The molecule has 1 unspecified atom stereocenters. The summed E-state index contributed by atoms with van der Waals surface area (Å²) in [4.78, 5) is 33.9. The lowest BCUT2D eigenvalue weighted by atomic mass is 10.1. The van der Waals surface area contributed by atoms with Crippen LogP contribution in [-0.4, -0.2) is 26.9 Å². The van der Waals surface area contributed by atoms with Crippen LogP contribution in [0.5, 0.6) is 0 Å². The molecule has 0 aliphatic heterocycles. The van der Waals surface area contributed by atoms with Crippen molar-refractivity contribution < 1.29 is 4.79 Å². The minimum atomic E-state index is -0.328. The number of aryl methyl sites for hydroxylation is 1. The smallest absolute Gasteiger partial charge is 0.261 e. The lowest BCUT2D eigenvalue weighted by Gasteiger charge is -2.31. The molecule has 0 spiro atoms. The summed E-state index contributed by atoms with van der Waals surface area (Å²) in [5.41, 5.74) is 2.76. The molecule has 1 atom stereocenters. The van der Waals surface area contributed by atoms with E-state index in [1.54, 1.807) is 4.57 Å². The summed E-state index contributed by atoms with van der Waals surface area (Å²) in [6.45, 7) is 5.17. The van der Waals surface area contributed by atoms with Crippen LogP contribution in [0.1, 0.15) is 56.1 Å². The number of rotatable bonds is 10. The Hall–Kier alpha value is -3.73. The molecule has 0 bridgehead atoms. The number of hydrogen-bond donors (Lipinski definition) is 0. The monoisotopic (exact) mass is 467 g/mol. The van der Waals surface area contributed by atoms with Gasteiger partial charge in [0.15, 0.2) is 0 Å². The second-order valence-electron chi connectivity index (χ2n) is 8.97. The van der Waals surface area contributed by atoms with E-state index in [9.17, 15) is 9.59 Å². The van der Waals surface area contributed by atoms with Gasteiger partial charge in [0, 0.05) is 13.0 Å². The molecule has 0 saturated heterocycles. The van der Waals surface area contributed by atoms with Crippen molar-refractivity contribution in [3.8, 4) is 0 Å². The zero-order valence-corrected chi connectivity index (χ0v) is 20.6. The topological polar surface area (TPSA) is 55.2 Å². The minimum Gasteiger partial charge on any atom is -0.333 e. The van der Waals surface area contributed by atoms with Crippen molar-refractivity contribution in [2.45, 2.75) is 52.1 Å². The summed E-state index contributed by atoms with van der Waals surface area (Å²) in [6.07, 6.45) is 3.00. The third-order valence-corrected chi connectivity index (χ3v) is 6.46. The Morgan fingerprint density at radius 2 is 1.54 bits per heavy atom. The van der Waals surface area contributed by atoms with Crippen LogP contribution in [0.15, 0.2) is 89.7 Å². The number of benzene rings is 3. The summed E-state index contributed by atoms with van der Waals surface area (Å²) in [6, 6.07) is 27.1. The molecule has 35 heavy (non-hydrogen) atoms. The maximum atomic E-state index is 13.6. The van der Waals surface area contributed by atoms with Crippen LogP contribution in [-0.2, 0) is 17.8 Å². The van der Waals surface area contributed by atoms with Crippen LogP contribution < -0.4 is 5.56 Å². The minimum absolute atomic E-state index is 0.0755. The largest absolute Gasteiger partial charge is 0.333 e.